The highest BCUT2D eigenvalue weighted by Gasteiger charge is 2.59. The first-order valence-electron chi connectivity index (χ1n) is 12.6. The molecule has 2 aliphatic heterocycles. The van der Waals surface area contributed by atoms with Crippen LogP contribution < -0.4 is 0 Å². The summed E-state index contributed by atoms with van der Waals surface area (Å²) < 4.78 is 0. The standard InChI is InChI=1S/C28H33N3O2/c1-2-30-27(33)31(25-18-22-9-5-6-10-23(22)19-25)26(32)28(30)13-15-29(16-14-28)24-12-11-20-7-3-4-8-21(20)17-24/h3-10,24-25H,2,11-19H2,1H3/t24-/m1/s1. The van der Waals surface area contributed by atoms with E-state index in [1.165, 1.54) is 28.7 Å². The maximum atomic E-state index is 13.9. The molecule has 172 valence electrons. The predicted molar refractivity (Wildman–Crippen MR) is 128 cm³/mol. The number of likely N-dealkylation sites (tertiary alicyclic amines) is 1. The average molecular weight is 444 g/mol. The van der Waals surface area contributed by atoms with E-state index in [-0.39, 0.29) is 18.0 Å². The van der Waals surface area contributed by atoms with Gasteiger partial charge in [-0.15, -0.1) is 0 Å². The van der Waals surface area contributed by atoms with Gasteiger partial charge in [0.1, 0.15) is 5.54 Å². The number of amides is 3. The van der Waals surface area contributed by atoms with Gasteiger partial charge in [0.25, 0.3) is 5.91 Å². The Morgan fingerprint density at radius 3 is 1.97 bits per heavy atom. The fourth-order valence-electron chi connectivity index (χ4n) is 6.95. The molecule has 0 saturated carbocycles. The molecule has 1 spiro atoms. The summed E-state index contributed by atoms with van der Waals surface area (Å²) in [5, 5.41) is 0. The van der Waals surface area contributed by atoms with Gasteiger partial charge < -0.3 is 4.90 Å². The van der Waals surface area contributed by atoms with Crippen molar-refractivity contribution in [2.45, 2.75) is 69.5 Å². The Kier molecular flexibility index (Phi) is 5.06. The van der Waals surface area contributed by atoms with E-state index in [1.54, 1.807) is 4.90 Å². The molecule has 0 N–H and O–H groups in total. The summed E-state index contributed by atoms with van der Waals surface area (Å²) >= 11 is 0. The lowest BCUT2D eigenvalue weighted by Gasteiger charge is -2.45. The number of urea groups is 1. The van der Waals surface area contributed by atoms with Crippen LogP contribution in [0.5, 0.6) is 0 Å². The monoisotopic (exact) mass is 443 g/mol. The molecule has 2 heterocycles. The molecule has 4 aliphatic rings. The molecule has 2 saturated heterocycles. The third-order valence-electron chi connectivity index (χ3n) is 8.74. The summed E-state index contributed by atoms with van der Waals surface area (Å²) in [6.45, 7) is 4.39. The zero-order chi connectivity index (χ0) is 22.6. The highest BCUT2D eigenvalue weighted by Crippen LogP contribution is 2.41. The van der Waals surface area contributed by atoms with Crippen molar-refractivity contribution in [2.24, 2.45) is 0 Å². The van der Waals surface area contributed by atoms with Gasteiger partial charge in [0.05, 0.1) is 0 Å². The van der Waals surface area contributed by atoms with Crippen LogP contribution in [0.3, 0.4) is 0 Å². The third-order valence-corrected chi connectivity index (χ3v) is 8.74. The summed E-state index contributed by atoms with van der Waals surface area (Å²) in [7, 11) is 0. The number of imide groups is 1. The first-order chi connectivity index (χ1) is 16.1. The second-order valence-corrected chi connectivity index (χ2v) is 10.3. The molecule has 2 fully saturated rings. The van der Waals surface area contributed by atoms with Crippen LogP contribution in [0.25, 0.3) is 0 Å². The lowest BCUT2D eigenvalue weighted by Crippen LogP contribution is -2.58. The van der Waals surface area contributed by atoms with Gasteiger partial charge in [-0.3, -0.25) is 14.6 Å². The summed E-state index contributed by atoms with van der Waals surface area (Å²) in [6, 6.07) is 17.6. The fraction of sp³-hybridized carbons (Fsp3) is 0.500. The van der Waals surface area contributed by atoms with Gasteiger partial charge in [0.2, 0.25) is 0 Å². The van der Waals surface area contributed by atoms with E-state index >= 15 is 0 Å². The van der Waals surface area contributed by atoms with Crippen molar-refractivity contribution in [3.05, 3.63) is 70.8 Å². The molecule has 5 heteroatoms. The van der Waals surface area contributed by atoms with Crippen LogP contribution in [0.15, 0.2) is 48.5 Å². The summed E-state index contributed by atoms with van der Waals surface area (Å²) in [6.07, 6.45) is 6.49. The second kappa shape index (κ2) is 7.98. The van der Waals surface area contributed by atoms with Crippen molar-refractivity contribution in [3.63, 3.8) is 0 Å². The van der Waals surface area contributed by atoms with Crippen LogP contribution in [0.2, 0.25) is 0 Å². The van der Waals surface area contributed by atoms with Gasteiger partial charge in [0.15, 0.2) is 0 Å². The Hall–Kier alpha value is -2.66. The Labute approximate surface area is 196 Å². The maximum Gasteiger partial charge on any atom is 0.327 e. The Morgan fingerprint density at radius 2 is 1.36 bits per heavy atom. The third kappa shape index (κ3) is 3.23. The minimum Gasteiger partial charge on any atom is -0.310 e. The van der Waals surface area contributed by atoms with Crippen LogP contribution in [-0.4, -0.2) is 63.9 Å². The molecule has 3 amide bonds. The van der Waals surface area contributed by atoms with E-state index in [2.05, 4.69) is 41.3 Å². The van der Waals surface area contributed by atoms with Gasteiger partial charge in [-0.2, -0.15) is 0 Å². The summed E-state index contributed by atoms with van der Waals surface area (Å²) in [5.74, 6) is 0.0563. The molecule has 0 aromatic heterocycles. The average Bonchev–Trinajstić information content (AvgIpc) is 3.35. The first kappa shape index (κ1) is 20.9. The number of hydrogen-bond acceptors (Lipinski definition) is 3. The number of aryl methyl sites for hydroxylation is 1. The molecule has 1 atom stereocenters. The van der Waals surface area contributed by atoms with Crippen molar-refractivity contribution in [2.75, 3.05) is 19.6 Å². The molecule has 6 rings (SSSR count). The van der Waals surface area contributed by atoms with Crippen LogP contribution >= 0.6 is 0 Å². The van der Waals surface area contributed by atoms with Crippen molar-refractivity contribution in [1.82, 2.24) is 14.7 Å². The lowest BCUT2D eigenvalue weighted by atomic mass is 9.82. The number of benzene rings is 2. The number of piperidine rings is 1. The van der Waals surface area contributed by atoms with Gasteiger partial charge in [-0.05, 0) is 74.1 Å². The van der Waals surface area contributed by atoms with Crippen LogP contribution in [0.1, 0.15) is 48.4 Å². The van der Waals surface area contributed by atoms with Crippen molar-refractivity contribution >= 4 is 11.9 Å². The molecule has 2 aliphatic carbocycles. The van der Waals surface area contributed by atoms with E-state index < -0.39 is 5.54 Å². The molecule has 33 heavy (non-hydrogen) atoms. The highest BCUT2D eigenvalue weighted by atomic mass is 16.2. The first-order valence-corrected chi connectivity index (χ1v) is 12.6. The largest absolute Gasteiger partial charge is 0.327 e. The molecule has 2 aromatic rings. The fourth-order valence-corrected chi connectivity index (χ4v) is 6.95. The van der Waals surface area contributed by atoms with E-state index in [0.717, 1.165) is 51.6 Å². The second-order valence-electron chi connectivity index (χ2n) is 10.3. The number of nitrogens with zero attached hydrogens (tertiary/aromatic N) is 3. The lowest BCUT2D eigenvalue weighted by molar-refractivity contribution is -0.137. The number of carbonyl (C=O) groups excluding carboxylic acids is 2. The quantitative estimate of drug-likeness (QED) is 0.678. The molecule has 5 nitrogen and oxygen atoms in total. The Morgan fingerprint density at radius 1 is 0.818 bits per heavy atom. The zero-order valence-corrected chi connectivity index (χ0v) is 19.5. The van der Waals surface area contributed by atoms with Crippen LogP contribution in [0.4, 0.5) is 4.79 Å². The Bertz CT molecular complexity index is 1060. The molecule has 0 bridgehead atoms. The number of hydrogen-bond donors (Lipinski definition) is 0. The van der Waals surface area contributed by atoms with Crippen molar-refractivity contribution in [1.29, 1.82) is 0 Å². The molecule has 0 radical (unpaired) electrons. The van der Waals surface area contributed by atoms with Gasteiger partial charge in [-0.25, -0.2) is 4.79 Å². The minimum atomic E-state index is -0.649. The SMILES string of the molecule is CCN1C(=O)N(C2Cc3ccccc3C2)C(=O)C12CCN([C@@H]1CCc3ccccc3C1)CC2. The summed E-state index contributed by atoms with van der Waals surface area (Å²) in [5.41, 5.74) is 4.87. The normalized spacial score (nSPS) is 25.1. The van der Waals surface area contributed by atoms with Gasteiger partial charge in [0, 0.05) is 31.7 Å². The van der Waals surface area contributed by atoms with E-state index in [9.17, 15) is 9.59 Å². The zero-order valence-electron chi connectivity index (χ0n) is 19.5. The van der Waals surface area contributed by atoms with Crippen LogP contribution in [-0.2, 0) is 30.5 Å². The van der Waals surface area contributed by atoms with E-state index in [0.29, 0.717) is 12.6 Å². The topological polar surface area (TPSA) is 43.9 Å². The maximum absolute atomic E-state index is 13.9. The van der Waals surface area contributed by atoms with Gasteiger partial charge >= 0.3 is 6.03 Å². The molecular formula is C28H33N3O2. The van der Waals surface area contributed by atoms with Crippen LogP contribution in [0, 0.1) is 0 Å². The molecule has 0 unspecified atom stereocenters. The van der Waals surface area contributed by atoms with Crippen molar-refractivity contribution < 1.29 is 9.59 Å². The molecule has 2 aromatic carbocycles. The van der Waals surface area contributed by atoms with Crippen molar-refractivity contribution in [3.8, 4) is 0 Å². The van der Waals surface area contributed by atoms with E-state index in [4.69, 9.17) is 0 Å². The number of fused-ring (bicyclic) bond motifs is 2. The highest BCUT2D eigenvalue weighted by molar-refractivity contribution is 6.07. The Balaban J connectivity index is 1.19. The minimum absolute atomic E-state index is 0.0382. The number of rotatable bonds is 3. The smallest absolute Gasteiger partial charge is 0.310 e. The van der Waals surface area contributed by atoms with E-state index in [1.807, 2.05) is 24.0 Å². The van der Waals surface area contributed by atoms with Gasteiger partial charge in [-0.1, -0.05) is 48.5 Å². The predicted octanol–water partition coefficient (Wildman–Crippen LogP) is 3.83. The number of likely N-dealkylation sites (N-methyl/N-ethyl adjacent to an activating group) is 1. The number of carbonyl (C=O) groups is 2. The molecular weight excluding hydrogens is 410 g/mol. The summed E-state index contributed by atoms with van der Waals surface area (Å²) in [4.78, 5) is 33.5.